The van der Waals surface area contributed by atoms with Crippen molar-refractivity contribution < 1.29 is 32.3 Å². The van der Waals surface area contributed by atoms with Crippen LogP contribution in [-0.2, 0) is 16.0 Å². The third-order valence-corrected chi connectivity index (χ3v) is 5.90. The summed E-state index contributed by atoms with van der Waals surface area (Å²) in [6.07, 6.45) is -1.40. The monoisotopic (exact) mass is 545 g/mol. The average Bonchev–Trinajstić information content (AvgIpc) is 3.53. The molecule has 204 valence electrons. The molecule has 3 N–H and O–H groups in total. The molecule has 1 aliphatic heterocycles. The number of nitrogens with zero attached hydrogens (tertiary/aromatic N) is 5. The number of carboxylic acid groups (broad SMARTS) is 1. The number of carbonyl (C=O) groups is 2. The average molecular weight is 545 g/mol. The first-order valence-corrected chi connectivity index (χ1v) is 11.7. The number of carboxylic acids is 1. The second kappa shape index (κ2) is 10.9. The Morgan fingerprint density at radius 2 is 1.95 bits per heavy atom. The van der Waals surface area contributed by atoms with Crippen LogP contribution in [-0.4, -0.2) is 56.4 Å². The Bertz CT molecular complexity index is 1520. The minimum absolute atomic E-state index is 0.0308. The summed E-state index contributed by atoms with van der Waals surface area (Å²) < 4.78 is 46.5. The molecule has 0 bridgehead atoms. The van der Waals surface area contributed by atoms with Crippen molar-refractivity contribution in [2.45, 2.75) is 26.4 Å². The van der Waals surface area contributed by atoms with E-state index in [9.17, 15) is 22.4 Å². The van der Waals surface area contributed by atoms with E-state index in [4.69, 9.17) is 9.90 Å². The minimum atomic E-state index is -5.08. The number of benzene rings is 2. The fourth-order valence-electron chi connectivity index (χ4n) is 4.17. The molecular weight excluding hydrogens is 522 g/mol. The van der Waals surface area contributed by atoms with Crippen LogP contribution in [0.5, 0.6) is 0 Å². The molecular formula is C25H23F4N7O3. The second-order valence-corrected chi connectivity index (χ2v) is 8.41. The van der Waals surface area contributed by atoms with Crippen molar-refractivity contribution in [2.75, 3.05) is 28.2 Å². The molecule has 0 spiro atoms. The van der Waals surface area contributed by atoms with Gasteiger partial charge in [-0.3, -0.25) is 9.89 Å². The van der Waals surface area contributed by atoms with Gasteiger partial charge in [0.05, 0.1) is 23.6 Å². The van der Waals surface area contributed by atoms with Crippen molar-refractivity contribution >= 4 is 51.6 Å². The summed E-state index contributed by atoms with van der Waals surface area (Å²) in [5, 5.41) is 18.2. The first-order valence-electron chi connectivity index (χ1n) is 11.7. The minimum Gasteiger partial charge on any atom is -0.475 e. The predicted molar refractivity (Wildman–Crippen MR) is 136 cm³/mol. The van der Waals surface area contributed by atoms with Gasteiger partial charge < -0.3 is 20.2 Å². The third-order valence-electron chi connectivity index (χ3n) is 5.90. The van der Waals surface area contributed by atoms with Crippen LogP contribution >= 0.6 is 0 Å². The van der Waals surface area contributed by atoms with E-state index in [-0.39, 0.29) is 11.7 Å². The highest BCUT2D eigenvalue weighted by molar-refractivity contribution is 5.94. The van der Waals surface area contributed by atoms with Gasteiger partial charge in [-0.1, -0.05) is 6.07 Å². The van der Waals surface area contributed by atoms with Gasteiger partial charge in [-0.15, -0.1) is 0 Å². The summed E-state index contributed by atoms with van der Waals surface area (Å²) in [5.41, 5.74) is 4.46. The molecule has 1 aliphatic rings. The quantitative estimate of drug-likeness (QED) is 0.301. The highest BCUT2D eigenvalue weighted by Crippen LogP contribution is 2.34. The molecule has 0 radical (unpaired) electrons. The molecule has 5 rings (SSSR count). The summed E-state index contributed by atoms with van der Waals surface area (Å²) in [6.45, 7) is 4.70. The van der Waals surface area contributed by atoms with Crippen LogP contribution < -0.4 is 15.1 Å². The Hall–Kier alpha value is -4.75. The summed E-state index contributed by atoms with van der Waals surface area (Å²) in [4.78, 5) is 32.8. The van der Waals surface area contributed by atoms with Gasteiger partial charge in [-0.05, 0) is 49.2 Å². The fourth-order valence-corrected chi connectivity index (χ4v) is 4.17. The van der Waals surface area contributed by atoms with Gasteiger partial charge in [0.1, 0.15) is 0 Å². The van der Waals surface area contributed by atoms with Crippen molar-refractivity contribution in [1.29, 1.82) is 0 Å². The lowest BCUT2D eigenvalue weighted by atomic mass is 10.1. The van der Waals surface area contributed by atoms with E-state index in [0.717, 1.165) is 39.9 Å². The number of hydrogen-bond acceptors (Lipinski definition) is 7. The normalized spacial score (nSPS) is 12.5. The van der Waals surface area contributed by atoms with E-state index < -0.39 is 18.0 Å². The van der Waals surface area contributed by atoms with Crippen molar-refractivity contribution in [3.05, 3.63) is 60.2 Å². The lowest BCUT2D eigenvalue weighted by molar-refractivity contribution is -0.192. The number of aliphatic carboxylic acids is 1. The zero-order valence-electron chi connectivity index (χ0n) is 20.8. The molecule has 14 heteroatoms. The highest BCUT2D eigenvalue weighted by atomic mass is 19.4. The van der Waals surface area contributed by atoms with Gasteiger partial charge in [-0.25, -0.2) is 14.2 Å². The van der Waals surface area contributed by atoms with Gasteiger partial charge >= 0.3 is 12.1 Å². The first kappa shape index (κ1) is 27.3. The first-order chi connectivity index (χ1) is 18.5. The zero-order valence-corrected chi connectivity index (χ0v) is 20.8. The third kappa shape index (κ3) is 5.89. The highest BCUT2D eigenvalue weighted by Gasteiger charge is 2.38. The van der Waals surface area contributed by atoms with Crippen molar-refractivity contribution in [3.8, 4) is 0 Å². The number of carbonyl (C=O) groups excluding carboxylic acids is 1. The van der Waals surface area contributed by atoms with Gasteiger partial charge in [0, 0.05) is 36.8 Å². The summed E-state index contributed by atoms with van der Waals surface area (Å²) in [6, 6.07) is 11.5. The predicted octanol–water partition coefficient (Wildman–Crippen LogP) is 4.94. The van der Waals surface area contributed by atoms with Gasteiger partial charge in [0.15, 0.2) is 11.6 Å². The number of anilines is 5. The maximum Gasteiger partial charge on any atom is 0.490 e. The zero-order chi connectivity index (χ0) is 28.3. The number of nitrogens with one attached hydrogen (secondary N) is 2. The molecule has 2 aromatic heterocycles. The standard InChI is InChI=1S/C23H22FN7O.C2HF3O2/c1-3-30(21-6-4-5-19-17(21)12-26-29-19)22-18(24)13-25-23(28-22)27-16-7-8-20-15(11-16)9-10-31(20)14(2)32;3-2(4,5)1(6)7/h4-8,11-13H,3,9-10H2,1-2H3,(H,26,29)(H,25,27,28);(H,6,7). The number of hydrogen-bond donors (Lipinski definition) is 3. The van der Waals surface area contributed by atoms with E-state index in [1.165, 1.54) is 6.20 Å². The number of amides is 1. The maximum atomic E-state index is 14.8. The number of H-pyrrole nitrogens is 1. The van der Waals surface area contributed by atoms with Crippen molar-refractivity contribution in [2.24, 2.45) is 0 Å². The van der Waals surface area contributed by atoms with Crippen LogP contribution in [0.2, 0.25) is 0 Å². The Kier molecular flexibility index (Phi) is 7.65. The number of aromatic amines is 1. The smallest absolute Gasteiger partial charge is 0.475 e. The maximum absolute atomic E-state index is 14.8. The molecule has 4 aromatic rings. The van der Waals surface area contributed by atoms with Crippen LogP contribution in [0.1, 0.15) is 19.4 Å². The van der Waals surface area contributed by atoms with Crippen LogP contribution in [0, 0.1) is 5.82 Å². The van der Waals surface area contributed by atoms with E-state index >= 15 is 0 Å². The van der Waals surface area contributed by atoms with E-state index in [2.05, 4.69) is 25.5 Å². The topological polar surface area (TPSA) is 127 Å². The van der Waals surface area contributed by atoms with E-state index in [1.54, 1.807) is 22.9 Å². The van der Waals surface area contributed by atoms with E-state index in [1.807, 2.05) is 43.3 Å². The molecule has 0 fully saturated rings. The molecule has 0 unspecified atom stereocenters. The molecule has 0 aliphatic carbocycles. The molecule has 2 aromatic carbocycles. The van der Waals surface area contributed by atoms with Gasteiger partial charge in [-0.2, -0.15) is 23.3 Å². The lowest BCUT2D eigenvalue weighted by Gasteiger charge is -2.23. The SMILES string of the molecule is CCN(c1nc(Nc2ccc3c(c2)CCN3C(C)=O)ncc1F)c1cccc2[nH]ncc12.O=C(O)C(F)(F)F. The Morgan fingerprint density at radius 3 is 2.62 bits per heavy atom. The molecule has 10 nitrogen and oxygen atoms in total. The van der Waals surface area contributed by atoms with E-state index in [0.29, 0.717) is 19.0 Å². The number of alkyl halides is 3. The van der Waals surface area contributed by atoms with Crippen LogP contribution in [0.4, 0.5) is 46.4 Å². The van der Waals surface area contributed by atoms with Gasteiger partial charge in [0.2, 0.25) is 11.9 Å². The Labute approximate surface area is 219 Å². The van der Waals surface area contributed by atoms with Crippen LogP contribution in [0.3, 0.4) is 0 Å². The van der Waals surface area contributed by atoms with Crippen molar-refractivity contribution in [3.63, 3.8) is 0 Å². The number of halogens is 4. The molecule has 3 heterocycles. The summed E-state index contributed by atoms with van der Waals surface area (Å²) in [7, 11) is 0. The molecule has 0 atom stereocenters. The number of aromatic nitrogens is 4. The lowest BCUT2D eigenvalue weighted by Crippen LogP contribution is -2.25. The fraction of sp³-hybridized carbons (Fsp3) is 0.240. The Morgan fingerprint density at radius 1 is 1.21 bits per heavy atom. The van der Waals surface area contributed by atoms with Crippen LogP contribution in [0.25, 0.3) is 10.9 Å². The van der Waals surface area contributed by atoms with Crippen LogP contribution in [0.15, 0.2) is 48.8 Å². The summed E-state index contributed by atoms with van der Waals surface area (Å²) in [5.74, 6) is -2.76. The molecule has 1 amide bonds. The van der Waals surface area contributed by atoms with Gasteiger partial charge in [0.25, 0.3) is 0 Å². The number of fused-ring (bicyclic) bond motifs is 2. The largest absolute Gasteiger partial charge is 0.490 e. The summed E-state index contributed by atoms with van der Waals surface area (Å²) >= 11 is 0. The second-order valence-electron chi connectivity index (χ2n) is 8.41. The molecule has 0 saturated heterocycles. The number of rotatable bonds is 5. The molecule has 0 saturated carbocycles. The Balaban J connectivity index is 0.000000448. The molecule has 39 heavy (non-hydrogen) atoms. The van der Waals surface area contributed by atoms with Crippen molar-refractivity contribution in [1.82, 2.24) is 20.2 Å².